The highest BCUT2D eigenvalue weighted by Gasteiger charge is 2.50. The number of fused-ring (bicyclic) bond motifs is 4. The SMILES string of the molecule is Cc1c(C)c(C)c(C2=c3cc4c5c(c3Oc3c2cc2c6c3C(C)C(C)C(C)N6C(C)C(C)C2C)C(C)C(C)C(C)[N+]=5C(C)C(C)C4C)c(C)c1C. The molecular weight excluding hydrogens is 621 g/mol. The van der Waals surface area contributed by atoms with Gasteiger partial charge in [0.05, 0.1) is 5.56 Å². The average Bonchev–Trinajstić information content (AvgIpc) is 3.10. The number of hydrogen-bond donors (Lipinski definition) is 0. The highest BCUT2D eigenvalue weighted by atomic mass is 16.5. The Morgan fingerprint density at radius 1 is 0.529 bits per heavy atom. The molecule has 3 aromatic rings. The molecule has 3 nitrogen and oxygen atoms in total. The molecule has 12 unspecified atom stereocenters. The third kappa shape index (κ3) is 4.27. The van der Waals surface area contributed by atoms with Crippen LogP contribution >= 0.6 is 0 Å². The first kappa shape index (κ1) is 35.0. The highest BCUT2D eigenvalue weighted by Crippen LogP contribution is 2.58. The minimum absolute atomic E-state index is 0.391. The summed E-state index contributed by atoms with van der Waals surface area (Å²) in [5, 5.41) is 2.81. The Bertz CT molecular complexity index is 2120. The maximum atomic E-state index is 7.76. The first-order chi connectivity index (χ1) is 23.9. The summed E-state index contributed by atoms with van der Waals surface area (Å²) in [5.41, 5.74) is 18.7. The van der Waals surface area contributed by atoms with Crippen molar-refractivity contribution in [3.05, 3.63) is 83.9 Å². The normalized spacial score (nSPS) is 34.8. The number of benzene rings is 3. The zero-order chi connectivity index (χ0) is 37.0. The second-order valence-corrected chi connectivity index (χ2v) is 18.6. The van der Waals surface area contributed by atoms with Crippen molar-refractivity contribution < 1.29 is 4.74 Å². The van der Waals surface area contributed by atoms with E-state index in [0.29, 0.717) is 71.5 Å². The molecular formula is C48H65N2O+. The summed E-state index contributed by atoms with van der Waals surface area (Å²) in [7, 11) is 0. The van der Waals surface area contributed by atoms with Crippen molar-refractivity contribution in [2.24, 2.45) is 23.7 Å². The molecule has 0 fully saturated rings. The van der Waals surface area contributed by atoms with Crippen molar-refractivity contribution >= 4 is 11.3 Å². The summed E-state index contributed by atoms with van der Waals surface area (Å²) in [4.78, 5) is 2.81. The van der Waals surface area contributed by atoms with E-state index < -0.39 is 0 Å². The summed E-state index contributed by atoms with van der Waals surface area (Å²) in [6.45, 7) is 41.6. The topological polar surface area (TPSA) is 15.5 Å². The summed E-state index contributed by atoms with van der Waals surface area (Å²) >= 11 is 0. The maximum Gasteiger partial charge on any atom is 0.211 e. The molecule has 272 valence electrons. The Balaban J connectivity index is 1.63. The molecule has 5 aliphatic heterocycles. The molecule has 0 spiro atoms. The molecule has 0 aliphatic carbocycles. The van der Waals surface area contributed by atoms with Gasteiger partial charge in [0.25, 0.3) is 0 Å². The van der Waals surface area contributed by atoms with Gasteiger partial charge in [-0.3, -0.25) is 0 Å². The Morgan fingerprint density at radius 3 is 1.61 bits per heavy atom. The van der Waals surface area contributed by atoms with Crippen LogP contribution in [0, 0.1) is 58.3 Å². The molecule has 0 saturated carbocycles. The van der Waals surface area contributed by atoms with Gasteiger partial charge in [0.2, 0.25) is 5.36 Å². The Hall–Kier alpha value is -3.07. The molecule has 3 aromatic carbocycles. The minimum Gasteiger partial charge on any atom is -0.455 e. The van der Waals surface area contributed by atoms with Crippen LogP contribution in [-0.2, 0) is 0 Å². The lowest BCUT2D eigenvalue weighted by atomic mass is 9.68. The standard InChI is InChI=1S/C48H65N2O/c1-20-21(2)29(10)41(30(11)22(20)3)44-39-18-37-27(8)23(4)33(14)49-35(16)25(6)31(12)42(45(37)49)47(39)51-48-40(44)19-38-28(9)24(5)34(15)50-36(17)26(7)32(13)43(48)46(38)50/h18-19,23-28,31-36H,1-17H3/q+1. The van der Waals surface area contributed by atoms with Crippen molar-refractivity contribution in [2.75, 3.05) is 4.90 Å². The molecule has 0 N–H and O–H groups in total. The zero-order valence-electron chi connectivity index (χ0n) is 34.9. The summed E-state index contributed by atoms with van der Waals surface area (Å²) in [6.07, 6.45) is 0. The third-order valence-electron chi connectivity index (χ3n) is 17.0. The molecule has 0 bridgehead atoms. The van der Waals surface area contributed by atoms with Crippen molar-refractivity contribution in [3.8, 4) is 11.5 Å². The van der Waals surface area contributed by atoms with E-state index in [0.717, 1.165) is 11.5 Å². The number of hydrogen-bond acceptors (Lipinski definition) is 2. The van der Waals surface area contributed by atoms with E-state index in [1.807, 2.05) is 0 Å². The summed E-state index contributed by atoms with van der Waals surface area (Å²) in [6, 6.07) is 7.16. The van der Waals surface area contributed by atoms with Crippen LogP contribution < -0.4 is 24.8 Å². The first-order valence-corrected chi connectivity index (χ1v) is 20.5. The van der Waals surface area contributed by atoms with E-state index in [-0.39, 0.29) is 0 Å². The molecule has 0 aromatic heterocycles. The Labute approximate surface area is 309 Å². The van der Waals surface area contributed by atoms with Crippen LogP contribution in [0.4, 0.5) is 5.69 Å². The quantitative estimate of drug-likeness (QED) is 0.185. The van der Waals surface area contributed by atoms with Crippen molar-refractivity contribution in [2.45, 2.75) is 166 Å². The molecule has 0 radical (unpaired) electrons. The fourth-order valence-corrected chi connectivity index (χ4v) is 11.8. The van der Waals surface area contributed by atoms with Gasteiger partial charge in [0.15, 0.2) is 12.1 Å². The van der Waals surface area contributed by atoms with Crippen LogP contribution in [0.25, 0.3) is 5.57 Å². The highest BCUT2D eigenvalue weighted by molar-refractivity contribution is 5.92. The van der Waals surface area contributed by atoms with E-state index in [4.69, 9.17) is 4.74 Å². The largest absolute Gasteiger partial charge is 0.455 e. The lowest BCUT2D eigenvalue weighted by Crippen LogP contribution is -2.59. The lowest BCUT2D eigenvalue weighted by Gasteiger charge is -2.54. The first-order valence-electron chi connectivity index (χ1n) is 20.5. The van der Waals surface area contributed by atoms with E-state index >= 15 is 0 Å². The van der Waals surface area contributed by atoms with Crippen LogP contribution in [0.15, 0.2) is 12.1 Å². The fraction of sp³-hybridized carbons (Fsp3) is 0.604. The van der Waals surface area contributed by atoms with Crippen LogP contribution in [0.2, 0.25) is 0 Å². The number of rotatable bonds is 1. The number of ether oxygens (including phenoxy) is 1. The minimum atomic E-state index is 0.391. The monoisotopic (exact) mass is 686 g/mol. The molecule has 3 heteroatoms. The Morgan fingerprint density at radius 2 is 1.02 bits per heavy atom. The Kier molecular flexibility index (Phi) is 7.86. The van der Waals surface area contributed by atoms with Crippen LogP contribution in [0.3, 0.4) is 0 Å². The molecule has 0 amide bonds. The van der Waals surface area contributed by atoms with Gasteiger partial charge in [0, 0.05) is 63.0 Å². The molecule has 5 heterocycles. The van der Waals surface area contributed by atoms with Gasteiger partial charge in [-0.15, -0.1) is 0 Å². The maximum absolute atomic E-state index is 7.76. The second-order valence-electron chi connectivity index (χ2n) is 18.6. The zero-order valence-corrected chi connectivity index (χ0v) is 34.9. The van der Waals surface area contributed by atoms with Crippen molar-refractivity contribution in [1.82, 2.24) is 4.58 Å². The fourth-order valence-electron chi connectivity index (χ4n) is 11.8. The number of nitrogens with zero attached hydrogens (tertiary/aromatic N) is 2. The second kappa shape index (κ2) is 11.5. The van der Waals surface area contributed by atoms with Crippen molar-refractivity contribution in [3.63, 3.8) is 0 Å². The lowest BCUT2D eigenvalue weighted by molar-refractivity contribution is 0.192. The van der Waals surface area contributed by atoms with E-state index in [2.05, 4.69) is 139 Å². The smallest absolute Gasteiger partial charge is 0.211 e. The van der Waals surface area contributed by atoms with Crippen LogP contribution in [0.1, 0.15) is 168 Å². The van der Waals surface area contributed by atoms with E-state index in [9.17, 15) is 0 Å². The molecule has 5 aliphatic rings. The van der Waals surface area contributed by atoms with Gasteiger partial charge in [-0.1, -0.05) is 55.4 Å². The molecule has 12 atom stereocenters. The summed E-state index contributed by atoms with van der Waals surface area (Å²) < 4.78 is 10.6. The predicted octanol–water partition coefficient (Wildman–Crippen LogP) is 10.4. The molecule has 51 heavy (non-hydrogen) atoms. The van der Waals surface area contributed by atoms with E-state index in [1.165, 1.54) is 83.0 Å². The van der Waals surface area contributed by atoms with Gasteiger partial charge < -0.3 is 9.64 Å². The van der Waals surface area contributed by atoms with Gasteiger partial charge in [-0.25, -0.2) is 4.58 Å². The van der Waals surface area contributed by atoms with Crippen LogP contribution in [-0.4, -0.2) is 24.2 Å². The third-order valence-corrected chi connectivity index (χ3v) is 17.0. The van der Waals surface area contributed by atoms with Crippen LogP contribution in [0.5, 0.6) is 11.5 Å². The molecule has 0 saturated heterocycles. The number of anilines is 1. The summed E-state index contributed by atoms with van der Waals surface area (Å²) in [5.74, 6) is 6.16. The van der Waals surface area contributed by atoms with Crippen molar-refractivity contribution in [1.29, 1.82) is 0 Å². The van der Waals surface area contributed by atoms with Gasteiger partial charge in [-0.2, -0.15) is 0 Å². The predicted molar refractivity (Wildman–Crippen MR) is 216 cm³/mol. The van der Waals surface area contributed by atoms with E-state index in [1.54, 1.807) is 0 Å². The average molecular weight is 686 g/mol. The van der Waals surface area contributed by atoms with Gasteiger partial charge >= 0.3 is 0 Å². The molecule has 8 rings (SSSR count). The van der Waals surface area contributed by atoms with Gasteiger partial charge in [0.1, 0.15) is 11.5 Å². The van der Waals surface area contributed by atoms with Gasteiger partial charge in [-0.05, 0) is 143 Å².